The van der Waals surface area contributed by atoms with Crippen LogP contribution in [-0.2, 0) is 0 Å². The van der Waals surface area contributed by atoms with Gasteiger partial charge < -0.3 is 5.11 Å². The number of rotatable bonds is 3. The first-order valence-corrected chi connectivity index (χ1v) is 6.77. The molecule has 0 aliphatic rings. The molecule has 0 saturated carbocycles. The van der Waals surface area contributed by atoms with E-state index in [9.17, 15) is 9.90 Å². The summed E-state index contributed by atoms with van der Waals surface area (Å²) < 4.78 is 0. The lowest BCUT2D eigenvalue weighted by atomic mass is 10.00. The molecule has 0 aliphatic heterocycles. The van der Waals surface area contributed by atoms with Crippen molar-refractivity contribution in [2.45, 2.75) is 6.92 Å². The van der Waals surface area contributed by atoms with Crippen LogP contribution in [0.1, 0.15) is 17.3 Å². The van der Waals surface area contributed by atoms with Crippen LogP contribution in [0, 0.1) is 0 Å². The van der Waals surface area contributed by atoms with E-state index in [1.165, 1.54) is 11.8 Å². The number of hydrogen-bond donors (Lipinski definition) is 1. The minimum atomic E-state index is -0.0885. The molecular weight excluding hydrogens is 244 g/mol. The number of benzene rings is 2. The van der Waals surface area contributed by atoms with E-state index in [0.29, 0.717) is 11.3 Å². The highest BCUT2D eigenvalue weighted by molar-refractivity contribution is 8.14. The summed E-state index contributed by atoms with van der Waals surface area (Å²) in [5.74, 6) is 0.740. The van der Waals surface area contributed by atoms with Gasteiger partial charge in [-0.1, -0.05) is 61.2 Å². The summed E-state index contributed by atoms with van der Waals surface area (Å²) in [4.78, 5) is 12.1. The second-order valence-electron chi connectivity index (χ2n) is 3.79. The Labute approximate surface area is 111 Å². The maximum absolute atomic E-state index is 12.1. The molecule has 0 amide bonds. The van der Waals surface area contributed by atoms with Gasteiger partial charge in [0.2, 0.25) is 5.12 Å². The van der Waals surface area contributed by atoms with Gasteiger partial charge in [0.25, 0.3) is 0 Å². The van der Waals surface area contributed by atoms with Gasteiger partial charge in [0, 0.05) is 0 Å². The minimum Gasteiger partial charge on any atom is -0.507 e. The predicted molar refractivity (Wildman–Crippen MR) is 76.0 cm³/mol. The Kier molecular flexibility index (Phi) is 4.05. The van der Waals surface area contributed by atoms with E-state index in [-0.39, 0.29) is 10.9 Å². The molecule has 2 nitrogen and oxygen atoms in total. The zero-order valence-corrected chi connectivity index (χ0v) is 10.9. The van der Waals surface area contributed by atoms with Crippen LogP contribution in [0.4, 0.5) is 0 Å². The van der Waals surface area contributed by atoms with Crippen LogP contribution >= 0.6 is 11.8 Å². The zero-order valence-electron chi connectivity index (χ0n) is 10.1. The van der Waals surface area contributed by atoms with Gasteiger partial charge in [0.1, 0.15) is 5.75 Å². The van der Waals surface area contributed by atoms with Crippen LogP contribution in [0.15, 0.2) is 48.5 Å². The summed E-state index contributed by atoms with van der Waals surface area (Å²) in [6, 6.07) is 14.8. The third-order valence-electron chi connectivity index (χ3n) is 2.61. The summed E-state index contributed by atoms with van der Waals surface area (Å²) >= 11 is 1.21. The van der Waals surface area contributed by atoms with Gasteiger partial charge in [0.15, 0.2) is 0 Å². The molecule has 0 spiro atoms. The van der Waals surface area contributed by atoms with E-state index >= 15 is 0 Å². The molecule has 0 radical (unpaired) electrons. The second kappa shape index (κ2) is 5.74. The Bertz CT molecular complexity index is 550. The summed E-state index contributed by atoms with van der Waals surface area (Å²) in [6.07, 6.45) is 0. The predicted octanol–water partition coefficient (Wildman–Crippen LogP) is 3.95. The van der Waals surface area contributed by atoms with Crippen LogP contribution in [0.25, 0.3) is 11.1 Å². The van der Waals surface area contributed by atoms with Gasteiger partial charge in [-0.05, 0) is 22.9 Å². The summed E-state index contributed by atoms with van der Waals surface area (Å²) in [5, 5.41) is 9.83. The van der Waals surface area contributed by atoms with Crippen LogP contribution in [0.5, 0.6) is 5.75 Å². The first-order valence-electron chi connectivity index (χ1n) is 5.78. The zero-order chi connectivity index (χ0) is 13.0. The van der Waals surface area contributed by atoms with E-state index in [2.05, 4.69) is 0 Å². The summed E-state index contributed by atoms with van der Waals surface area (Å²) in [6.45, 7) is 1.92. The molecule has 0 heterocycles. The molecule has 2 rings (SSSR count). The van der Waals surface area contributed by atoms with Crippen LogP contribution in [-0.4, -0.2) is 16.0 Å². The Morgan fingerprint density at radius 2 is 1.83 bits per heavy atom. The molecule has 2 aromatic carbocycles. The average Bonchev–Trinajstić information content (AvgIpc) is 2.39. The van der Waals surface area contributed by atoms with E-state index in [1.807, 2.05) is 43.3 Å². The van der Waals surface area contributed by atoms with Gasteiger partial charge in [-0.2, -0.15) is 0 Å². The van der Waals surface area contributed by atoms with Crippen molar-refractivity contribution in [2.24, 2.45) is 0 Å². The van der Waals surface area contributed by atoms with E-state index in [0.717, 1.165) is 11.1 Å². The highest BCUT2D eigenvalue weighted by Crippen LogP contribution is 2.32. The SMILES string of the molecule is CCSC(=O)c1c(O)cccc1-c1ccccc1. The maximum Gasteiger partial charge on any atom is 0.223 e. The second-order valence-corrected chi connectivity index (χ2v) is 5.02. The van der Waals surface area contributed by atoms with Crippen molar-refractivity contribution in [1.82, 2.24) is 0 Å². The average molecular weight is 258 g/mol. The molecule has 2 aromatic rings. The topological polar surface area (TPSA) is 37.3 Å². The van der Waals surface area contributed by atoms with Gasteiger partial charge >= 0.3 is 0 Å². The lowest BCUT2D eigenvalue weighted by Gasteiger charge is -2.10. The van der Waals surface area contributed by atoms with Crippen LogP contribution in [0.2, 0.25) is 0 Å². The third-order valence-corrected chi connectivity index (χ3v) is 3.36. The van der Waals surface area contributed by atoms with Gasteiger partial charge in [-0.25, -0.2) is 0 Å². The highest BCUT2D eigenvalue weighted by Gasteiger charge is 2.16. The molecule has 3 heteroatoms. The van der Waals surface area contributed by atoms with E-state index < -0.39 is 0 Å². The Morgan fingerprint density at radius 1 is 1.11 bits per heavy atom. The van der Waals surface area contributed by atoms with Gasteiger partial charge in [-0.15, -0.1) is 0 Å². The fourth-order valence-electron chi connectivity index (χ4n) is 1.82. The molecule has 1 N–H and O–H groups in total. The molecule has 0 saturated heterocycles. The molecule has 18 heavy (non-hydrogen) atoms. The Balaban J connectivity index is 2.55. The molecular formula is C15H14O2S. The Morgan fingerprint density at radius 3 is 2.50 bits per heavy atom. The standard InChI is InChI=1S/C15H14O2S/c1-2-18-15(17)14-12(9-6-10-13(14)16)11-7-4-3-5-8-11/h3-10,16H,2H2,1H3. The molecule has 0 fully saturated rings. The molecule has 92 valence electrons. The van der Waals surface area contributed by atoms with Gasteiger partial charge in [0.05, 0.1) is 5.56 Å². The van der Waals surface area contributed by atoms with Crippen molar-refractivity contribution in [1.29, 1.82) is 0 Å². The summed E-state index contributed by atoms with van der Waals surface area (Å²) in [7, 11) is 0. The Hall–Kier alpha value is -1.74. The highest BCUT2D eigenvalue weighted by atomic mass is 32.2. The largest absolute Gasteiger partial charge is 0.507 e. The van der Waals surface area contributed by atoms with Crippen molar-refractivity contribution >= 4 is 16.9 Å². The molecule has 0 aromatic heterocycles. The molecule has 0 aliphatic carbocycles. The van der Waals surface area contributed by atoms with Crippen molar-refractivity contribution < 1.29 is 9.90 Å². The lowest BCUT2D eigenvalue weighted by molar-refractivity contribution is 0.108. The van der Waals surface area contributed by atoms with Crippen molar-refractivity contribution in [3.8, 4) is 16.9 Å². The molecule has 0 unspecified atom stereocenters. The summed E-state index contributed by atoms with van der Waals surface area (Å²) in [5.41, 5.74) is 2.12. The number of hydrogen-bond acceptors (Lipinski definition) is 3. The van der Waals surface area contributed by atoms with Gasteiger partial charge in [-0.3, -0.25) is 4.79 Å². The number of thioether (sulfide) groups is 1. The quantitative estimate of drug-likeness (QED) is 0.905. The minimum absolute atomic E-state index is 0.0438. The lowest BCUT2D eigenvalue weighted by Crippen LogP contribution is -1.98. The molecule has 0 bridgehead atoms. The fourth-order valence-corrected chi connectivity index (χ4v) is 2.44. The number of phenols is 1. The monoisotopic (exact) mass is 258 g/mol. The molecule has 0 atom stereocenters. The van der Waals surface area contributed by atoms with Crippen LogP contribution < -0.4 is 0 Å². The number of carbonyl (C=O) groups is 1. The van der Waals surface area contributed by atoms with Crippen molar-refractivity contribution in [3.63, 3.8) is 0 Å². The van der Waals surface area contributed by atoms with E-state index in [4.69, 9.17) is 0 Å². The normalized spacial score (nSPS) is 10.3. The van der Waals surface area contributed by atoms with Crippen LogP contribution in [0.3, 0.4) is 0 Å². The number of carbonyl (C=O) groups excluding carboxylic acids is 1. The smallest absolute Gasteiger partial charge is 0.223 e. The first-order chi connectivity index (χ1) is 8.74. The number of phenolic OH excluding ortho intramolecular Hbond substituents is 1. The third kappa shape index (κ3) is 2.57. The first kappa shape index (κ1) is 12.7. The number of aromatic hydroxyl groups is 1. The van der Waals surface area contributed by atoms with Crippen molar-refractivity contribution in [3.05, 3.63) is 54.1 Å². The fraction of sp³-hybridized carbons (Fsp3) is 0.133. The van der Waals surface area contributed by atoms with E-state index in [1.54, 1.807) is 12.1 Å². The maximum atomic E-state index is 12.1. The van der Waals surface area contributed by atoms with Crippen molar-refractivity contribution in [2.75, 3.05) is 5.75 Å².